The monoisotopic (exact) mass is 313 g/mol. The molecule has 120 valence electrons. The van der Waals surface area contributed by atoms with Crippen molar-refractivity contribution in [3.05, 3.63) is 35.9 Å². The maximum Gasteiger partial charge on any atom is 0.279 e. The molecule has 0 bridgehead atoms. The molecular formula is C15H27N3O2S. The van der Waals surface area contributed by atoms with Crippen LogP contribution in [0.4, 0.5) is 0 Å². The molecule has 21 heavy (non-hydrogen) atoms. The number of hydrogen-bond acceptors (Lipinski definition) is 3. The highest BCUT2D eigenvalue weighted by atomic mass is 32.2. The molecule has 1 aromatic carbocycles. The van der Waals surface area contributed by atoms with Gasteiger partial charge in [-0.05, 0) is 38.4 Å². The van der Waals surface area contributed by atoms with E-state index in [0.29, 0.717) is 13.0 Å². The SMILES string of the molecule is CCNCCCN(C)S(=O)(=O)NC(C)Cc1ccccc1. The van der Waals surface area contributed by atoms with Gasteiger partial charge in [-0.3, -0.25) is 0 Å². The van der Waals surface area contributed by atoms with E-state index in [-0.39, 0.29) is 6.04 Å². The molecule has 0 spiro atoms. The van der Waals surface area contributed by atoms with Gasteiger partial charge in [0.2, 0.25) is 0 Å². The Morgan fingerprint density at radius 1 is 1.24 bits per heavy atom. The Hall–Kier alpha value is -0.950. The zero-order valence-corrected chi connectivity index (χ0v) is 14.0. The first-order chi connectivity index (χ1) is 9.95. The van der Waals surface area contributed by atoms with Gasteiger partial charge in [-0.1, -0.05) is 37.3 Å². The van der Waals surface area contributed by atoms with Crippen LogP contribution in [0.2, 0.25) is 0 Å². The molecule has 0 aliphatic rings. The highest BCUT2D eigenvalue weighted by molar-refractivity contribution is 7.87. The minimum atomic E-state index is -3.41. The molecule has 0 aliphatic carbocycles. The summed E-state index contributed by atoms with van der Waals surface area (Å²) in [6, 6.07) is 9.76. The van der Waals surface area contributed by atoms with E-state index in [9.17, 15) is 8.42 Å². The van der Waals surface area contributed by atoms with Crippen LogP contribution in [-0.4, -0.2) is 45.4 Å². The highest BCUT2D eigenvalue weighted by Gasteiger charge is 2.19. The van der Waals surface area contributed by atoms with Gasteiger partial charge in [0.15, 0.2) is 0 Å². The van der Waals surface area contributed by atoms with Crippen LogP contribution >= 0.6 is 0 Å². The summed E-state index contributed by atoms with van der Waals surface area (Å²) in [6.45, 7) is 6.17. The highest BCUT2D eigenvalue weighted by Crippen LogP contribution is 2.05. The van der Waals surface area contributed by atoms with E-state index in [2.05, 4.69) is 10.0 Å². The quantitative estimate of drug-likeness (QED) is 0.642. The molecule has 1 aromatic rings. The molecule has 0 fully saturated rings. The van der Waals surface area contributed by atoms with Crippen LogP contribution in [0.3, 0.4) is 0 Å². The van der Waals surface area contributed by atoms with Gasteiger partial charge in [-0.15, -0.1) is 0 Å². The van der Waals surface area contributed by atoms with Gasteiger partial charge >= 0.3 is 0 Å². The third-order valence-electron chi connectivity index (χ3n) is 3.22. The van der Waals surface area contributed by atoms with Gasteiger partial charge in [0, 0.05) is 19.6 Å². The number of rotatable bonds is 10. The van der Waals surface area contributed by atoms with Crippen molar-refractivity contribution in [2.45, 2.75) is 32.7 Å². The molecule has 2 N–H and O–H groups in total. The lowest BCUT2D eigenvalue weighted by molar-refractivity contribution is 0.438. The molecule has 0 radical (unpaired) electrons. The molecule has 0 amide bonds. The standard InChI is InChI=1S/C15H27N3O2S/c1-4-16-11-8-12-18(3)21(19,20)17-14(2)13-15-9-6-5-7-10-15/h5-7,9-10,14,16-17H,4,8,11-13H2,1-3H3. The summed E-state index contributed by atoms with van der Waals surface area (Å²) in [5.74, 6) is 0. The summed E-state index contributed by atoms with van der Waals surface area (Å²) in [5, 5.41) is 3.19. The Morgan fingerprint density at radius 2 is 1.90 bits per heavy atom. The van der Waals surface area contributed by atoms with Gasteiger partial charge in [0.25, 0.3) is 10.2 Å². The van der Waals surface area contributed by atoms with Gasteiger partial charge < -0.3 is 5.32 Å². The molecule has 5 nitrogen and oxygen atoms in total. The lowest BCUT2D eigenvalue weighted by Crippen LogP contribution is -2.44. The van der Waals surface area contributed by atoms with Crippen LogP contribution in [0.1, 0.15) is 25.8 Å². The summed E-state index contributed by atoms with van der Waals surface area (Å²) in [6.07, 6.45) is 1.49. The van der Waals surface area contributed by atoms with E-state index in [4.69, 9.17) is 0 Å². The van der Waals surface area contributed by atoms with E-state index < -0.39 is 10.2 Å². The predicted octanol–water partition coefficient (Wildman–Crippen LogP) is 1.38. The molecule has 0 saturated carbocycles. The van der Waals surface area contributed by atoms with Gasteiger partial charge in [-0.2, -0.15) is 17.4 Å². The Kier molecular flexibility index (Phi) is 7.88. The van der Waals surface area contributed by atoms with Crippen LogP contribution < -0.4 is 10.0 Å². The first-order valence-electron chi connectivity index (χ1n) is 7.44. The number of hydrogen-bond donors (Lipinski definition) is 2. The first-order valence-corrected chi connectivity index (χ1v) is 8.88. The average Bonchev–Trinajstić information content (AvgIpc) is 2.43. The Labute approximate surface area is 128 Å². The maximum absolute atomic E-state index is 12.2. The molecule has 1 rings (SSSR count). The summed E-state index contributed by atoms with van der Waals surface area (Å²) >= 11 is 0. The van der Waals surface area contributed by atoms with Crippen molar-refractivity contribution < 1.29 is 8.42 Å². The van der Waals surface area contributed by atoms with Crippen molar-refractivity contribution in [3.8, 4) is 0 Å². The fourth-order valence-corrected chi connectivity index (χ4v) is 3.22. The topological polar surface area (TPSA) is 61.4 Å². The zero-order chi connectivity index (χ0) is 15.7. The molecule has 0 aliphatic heterocycles. The van der Waals surface area contributed by atoms with E-state index in [1.807, 2.05) is 44.2 Å². The minimum Gasteiger partial charge on any atom is -0.317 e. The number of nitrogens with one attached hydrogen (secondary N) is 2. The van der Waals surface area contributed by atoms with Crippen molar-refractivity contribution in [3.63, 3.8) is 0 Å². The normalized spacial score (nSPS) is 13.5. The second-order valence-corrected chi connectivity index (χ2v) is 7.05. The second-order valence-electron chi connectivity index (χ2n) is 5.24. The lowest BCUT2D eigenvalue weighted by atomic mass is 10.1. The molecule has 6 heteroatoms. The zero-order valence-electron chi connectivity index (χ0n) is 13.2. The summed E-state index contributed by atoms with van der Waals surface area (Å²) < 4.78 is 28.5. The smallest absolute Gasteiger partial charge is 0.279 e. The van der Waals surface area contributed by atoms with Crippen LogP contribution in [0, 0.1) is 0 Å². The molecule has 0 heterocycles. The van der Waals surface area contributed by atoms with Gasteiger partial charge in [0.1, 0.15) is 0 Å². The lowest BCUT2D eigenvalue weighted by Gasteiger charge is -2.21. The van der Waals surface area contributed by atoms with Crippen molar-refractivity contribution in [1.82, 2.24) is 14.3 Å². The third kappa shape index (κ3) is 7.04. The van der Waals surface area contributed by atoms with Crippen LogP contribution in [0.25, 0.3) is 0 Å². The van der Waals surface area contributed by atoms with Crippen LogP contribution in [-0.2, 0) is 16.6 Å². The van der Waals surface area contributed by atoms with E-state index >= 15 is 0 Å². The maximum atomic E-state index is 12.2. The summed E-state index contributed by atoms with van der Waals surface area (Å²) in [4.78, 5) is 0. The van der Waals surface area contributed by atoms with Crippen LogP contribution in [0.5, 0.6) is 0 Å². The molecule has 0 saturated heterocycles. The van der Waals surface area contributed by atoms with E-state index in [1.54, 1.807) is 7.05 Å². The fraction of sp³-hybridized carbons (Fsp3) is 0.600. The van der Waals surface area contributed by atoms with Crippen LogP contribution in [0.15, 0.2) is 30.3 Å². The minimum absolute atomic E-state index is 0.131. The van der Waals surface area contributed by atoms with Crippen molar-refractivity contribution in [2.24, 2.45) is 0 Å². The van der Waals surface area contributed by atoms with Crippen molar-refractivity contribution in [1.29, 1.82) is 0 Å². The third-order valence-corrected chi connectivity index (χ3v) is 4.93. The summed E-state index contributed by atoms with van der Waals surface area (Å²) in [5.41, 5.74) is 1.13. The average molecular weight is 313 g/mol. The number of nitrogens with zero attached hydrogens (tertiary/aromatic N) is 1. The fourth-order valence-electron chi connectivity index (χ4n) is 2.08. The Bertz CT molecular complexity index is 491. The van der Waals surface area contributed by atoms with E-state index in [1.165, 1.54) is 4.31 Å². The van der Waals surface area contributed by atoms with Gasteiger partial charge in [-0.25, -0.2) is 0 Å². The summed E-state index contributed by atoms with van der Waals surface area (Å²) in [7, 11) is -1.80. The molecule has 1 atom stereocenters. The van der Waals surface area contributed by atoms with Crippen molar-refractivity contribution in [2.75, 3.05) is 26.7 Å². The van der Waals surface area contributed by atoms with E-state index in [0.717, 1.165) is 25.1 Å². The Morgan fingerprint density at radius 3 is 2.52 bits per heavy atom. The van der Waals surface area contributed by atoms with Gasteiger partial charge in [0.05, 0.1) is 0 Å². The van der Waals surface area contributed by atoms with Crippen molar-refractivity contribution >= 4 is 10.2 Å². The molecular weight excluding hydrogens is 286 g/mol. The largest absolute Gasteiger partial charge is 0.317 e. The molecule has 1 unspecified atom stereocenters. The first kappa shape index (κ1) is 18.1. The second kappa shape index (κ2) is 9.15. The predicted molar refractivity (Wildman–Crippen MR) is 87.5 cm³/mol. The Balaban J connectivity index is 2.43. The number of benzene rings is 1. The molecule has 0 aromatic heterocycles.